The van der Waals surface area contributed by atoms with Gasteiger partial charge in [0, 0.05) is 26.5 Å². The largest absolute Gasteiger partial charge is 0.467 e. The topological polar surface area (TPSA) is 77.6 Å². The van der Waals surface area contributed by atoms with Gasteiger partial charge in [-0.3, -0.25) is 4.79 Å². The second kappa shape index (κ2) is 7.26. The molecular weight excluding hydrogens is 334 g/mol. The number of rotatable bonds is 5. The second-order valence-electron chi connectivity index (χ2n) is 5.95. The Hall–Kier alpha value is -3.35. The fraction of sp³-hybridized carbons (Fsp3) is 0.211. The van der Waals surface area contributed by atoms with Gasteiger partial charge in [0.25, 0.3) is 5.56 Å². The van der Waals surface area contributed by atoms with Crippen LogP contribution in [0.3, 0.4) is 0 Å². The normalized spacial score (nSPS) is 11.2. The van der Waals surface area contributed by atoms with Crippen LogP contribution in [0.5, 0.6) is 0 Å². The maximum absolute atomic E-state index is 12.8. The Bertz CT molecular complexity index is 1020. The second-order valence-corrected chi connectivity index (χ2v) is 5.95. The molecule has 0 saturated carbocycles. The summed E-state index contributed by atoms with van der Waals surface area (Å²) in [7, 11) is 5.03. The molecule has 0 aliphatic carbocycles. The predicted molar refractivity (Wildman–Crippen MR) is 97.9 cm³/mol. The van der Waals surface area contributed by atoms with E-state index >= 15 is 0 Å². The number of carbonyl (C=O) groups excluding carboxylic acids is 1. The highest BCUT2D eigenvalue weighted by Gasteiger charge is 2.16. The molecule has 0 N–H and O–H groups in total. The van der Waals surface area contributed by atoms with Crippen LogP contribution in [0.1, 0.15) is 21.8 Å². The highest BCUT2D eigenvalue weighted by molar-refractivity contribution is 5.97. The molecule has 0 aliphatic heterocycles. The summed E-state index contributed by atoms with van der Waals surface area (Å²) >= 11 is 0. The van der Waals surface area contributed by atoms with Crippen molar-refractivity contribution in [2.24, 2.45) is 0 Å². The monoisotopic (exact) mass is 353 g/mol. The zero-order valence-electron chi connectivity index (χ0n) is 14.8. The lowest BCUT2D eigenvalue weighted by Gasteiger charge is -2.10. The minimum Gasteiger partial charge on any atom is -0.467 e. The van der Waals surface area contributed by atoms with E-state index in [4.69, 9.17) is 9.15 Å². The SMILES string of the molecule is COC(=O)c1cc2c(=O)n(Cc3ccco3)ccc2nc1/C=C/N(C)C. The van der Waals surface area contributed by atoms with Crippen molar-refractivity contribution in [3.63, 3.8) is 0 Å². The molecule has 7 nitrogen and oxygen atoms in total. The van der Waals surface area contributed by atoms with Crippen molar-refractivity contribution < 1.29 is 13.9 Å². The molecule has 0 bridgehead atoms. The highest BCUT2D eigenvalue weighted by Crippen LogP contribution is 2.17. The van der Waals surface area contributed by atoms with E-state index in [1.807, 2.05) is 19.0 Å². The lowest BCUT2D eigenvalue weighted by molar-refractivity contribution is 0.0600. The highest BCUT2D eigenvalue weighted by atomic mass is 16.5. The first kappa shape index (κ1) is 17.5. The molecule has 0 saturated heterocycles. The molecule has 0 spiro atoms. The zero-order valence-corrected chi connectivity index (χ0v) is 14.8. The van der Waals surface area contributed by atoms with Crippen LogP contribution < -0.4 is 5.56 Å². The van der Waals surface area contributed by atoms with Gasteiger partial charge in [0.15, 0.2) is 0 Å². The van der Waals surface area contributed by atoms with E-state index in [-0.39, 0.29) is 11.1 Å². The predicted octanol–water partition coefficient (Wildman–Crippen LogP) is 2.36. The Kier molecular flexibility index (Phi) is 4.88. The van der Waals surface area contributed by atoms with E-state index in [0.29, 0.717) is 28.9 Å². The van der Waals surface area contributed by atoms with Crippen LogP contribution in [0.4, 0.5) is 0 Å². The lowest BCUT2D eigenvalue weighted by atomic mass is 10.1. The summed E-state index contributed by atoms with van der Waals surface area (Å²) in [6, 6.07) is 6.84. The van der Waals surface area contributed by atoms with Crippen LogP contribution in [0.25, 0.3) is 17.0 Å². The number of furan rings is 1. The fourth-order valence-electron chi connectivity index (χ4n) is 2.54. The van der Waals surface area contributed by atoms with Gasteiger partial charge in [-0.25, -0.2) is 9.78 Å². The zero-order chi connectivity index (χ0) is 18.7. The quantitative estimate of drug-likeness (QED) is 0.655. The van der Waals surface area contributed by atoms with Gasteiger partial charge in [0.2, 0.25) is 0 Å². The first-order valence-electron chi connectivity index (χ1n) is 7.99. The summed E-state index contributed by atoms with van der Waals surface area (Å²) in [5.74, 6) is 0.122. The summed E-state index contributed by atoms with van der Waals surface area (Å²) in [6.45, 7) is 0.303. The number of hydrogen-bond acceptors (Lipinski definition) is 6. The number of ether oxygens (including phenoxy) is 1. The number of pyridine rings is 2. The summed E-state index contributed by atoms with van der Waals surface area (Å²) in [5, 5.41) is 0.349. The number of hydrogen-bond donors (Lipinski definition) is 0. The maximum Gasteiger partial charge on any atom is 0.340 e. The maximum atomic E-state index is 12.8. The molecule has 0 atom stereocenters. The summed E-state index contributed by atoms with van der Waals surface area (Å²) in [4.78, 5) is 31.2. The molecule has 3 heterocycles. The van der Waals surface area contributed by atoms with Crippen LogP contribution >= 0.6 is 0 Å². The number of carbonyl (C=O) groups is 1. The van der Waals surface area contributed by atoms with E-state index in [2.05, 4.69) is 4.98 Å². The van der Waals surface area contributed by atoms with E-state index in [0.717, 1.165) is 0 Å². The summed E-state index contributed by atoms with van der Waals surface area (Å²) in [6.07, 6.45) is 6.71. The van der Waals surface area contributed by atoms with Gasteiger partial charge >= 0.3 is 5.97 Å². The molecule has 3 rings (SSSR count). The average Bonchev–Trinajstić information content (AvgIpc) is 3.14. The van der Waals surface area contributed by atoms with Gasteiger partial charge in [0.1, 0.15) is 5.76 Å². The molecule has 3 aromatic heterocycles. The number of aromatic nitrogens is 2. The van der Waals surface area contributed by atoms with E-state index in [1.54, 1.807) is 42.9 Å². The molecule has 0 amide bonds. The third-order valence-electron chi connectivity index (χ3n) is 3.83. The summed E-state index contributed by atoms with van der Waals surface area (Å²) < 4.78 is 11.6. The van der Waals surface area contributed by atoms with Gasteiger partial charge in [-0.2, -0.15) is 0 Å². The minimum atomic E-state index is -0.543. The van der Waals surface area contributed by atoms with Crippen LogP contribution in [-0.2, 0) is 11.3 Å². The van der Waals surface area contributed by atoms with Gasteiger partial charge in [-0.15, -0.1) is 0 Å². The Balaban J connectivity index is 2.14. The lowest BCUT2D eigenvalue weighted by Crippen LogP contribution is -2.21. The Labute approximate surface area is 150 Å². The van der Waals surface area contributed by atoms with E-state index in [9.17, 15) is 9.59 Å². The third kappa shape index (κ3) is 3.51. The summed E-state index contributed by atoms with van der Waals surface area (Å²) in [5.41, 5.74) is 0.948. The van der Waals surface area contributed by atoms with Crippen LogP contribution in [0, 0.1) is 0 Å². The molecule has 26 heavy (non-hydrogen) atoms. The first-order valence-corrected chi connectivity index (χ1v) is 7.99. The fourth-order valence-corrected chi connectivity index (χ4v) is 2.54. The van der Waals surface area contributed by atoms with Crippen molar-refractivity contribution in [1.29, 1.82) is 0 Å². The Morgan fingerprint density at radius 2 is 2.19 bits per heavy atom. The molecule has 0 unspecified atom stereocenters. The van der Waals surface area contributed by atoms with Gasteiger partial charge in [-0.1, -0.05) is 0 Å². The van der Waals surface area contributed by atoms with Gasteiger partial charge in [-0.05, 0) is 30.3 Å². The number of fused-ring (bicyclic) bond motifs is 1. The molecule has 0 aliphatic rings. The molecule has 3 aromatic rings. The third-order valence-corrected chi connectivity index (χ3v) is 3.83. The first-order chi connectivity index (χ1) is 12.5. The van der Waals surface area contributed by atoms with Crippen LogP contribution in [-0.4, -0.2) is 41.6 Å². The molecule has 7 heteroatoms. The molecular formula is C19H19N3O4. The van der Waals surface area contributed by atoms with Crippen LogP contribution in [0.2, 0.25) is 0 Å². The number of nitrogens with zero attached hydrogens (tertiary/aromatic N) is 3. The molecule has 0 aromatic carbocycles. The van der Waals surface area contributed by atoms with Crippen LogP contribution in [0.15, 0.2) is 52.1 Å². The molecule has 134 valence electrons. The van der Waals surface area contributed by atoms with E-state index in [1.165, 1.54) is 17.7 Å². The van der Waals surface area contributed by atoms with Crippen molar-refractivity contribution in [3.8, 4) is 0 Å². The van der Waals surface area contributed by atoms with Crippen molar-refractivity contribution >= 4 is 22.9 Å². The molecule has 0 fully saturated rings. The smallest absolute Gasteiger partial charge is 0.340 e. The van der Waals surface area contributed by atoms with Crippen molar-refractivity contribution in [1.82, 2.24) is 14.5 Å². The van der Waals surface area contributed by atoms with Gasteiger partial charge < -0.3 is 18.6 Å². The van der Waals surface area contributed by atoms with Crippen molar-refractivity contribution in [2.75, 3.05) is 21.2 Å². The van der Waals surface area contributed by atoms with Crippen molar-refractivity contribution in [2.45, 2.75) is 6.54 Å². The number of methoxy groups -OCH3 is 1. The number of esters is 1. The Morgan fingerprint density at radius 3 is 2.85 bits per heavy atom. The van der Waals surface area contributed by atoms with E-state index < -0.39 is 5.97 Å². The molecule has 0 radical (unpaired) electrons. The minimum absolute atomic E-state index is 0.242. The Morgan fingerprint density at radius 1 is 1.38 bits per heavy atom. The van der Waals surface area contributed by atoms with Crippen molar-refractivity contribution in [3.05, 3.63) is 70.3 Å². The standard InChI is InChI=1S/C19H19N3O4/c1-21(2)8-6-17-15(19(24)25-3)11-14-16(20-17)7-9-22(18(14)23)12-13-5-4-10-26-13/h4-11H,12H2,1-3H3/b8-6+. The van der Waals surface area contributed by atoms with Gasteiger partial charge in [0.05, 0.1) is 42.1 Å². The average molecular weight is 353 g/mol.